The molecule has 2 atom stereocenters. The third kappa shape index (κ3) is 6.83. The van der Waals surface area contributed by atoms with Crippen molar-refractivity contribution in [2.24, 2.45) is 5.92 Å². The van der Waals surface area contributed by atoms with Gasteiger partial charge in [-0.1, -0.05) is 68.8 Å². The van der Waals surface area contributed by atoms with E-state index in [0.717, 1.165) is 6.42 Å². The Kier molecular flexibility index (Phi) is 9.08. The molecule has 7 nitrogen and oxygen atoms in total. The van der Waals surface area contributed by atoms with Gasteiger partial charge < -0.3 is 20.5 Å². The molecule has 0 heterocycles. The second-order valence-corrected chi connectivity index (χ2v) is 9.00. The highest BCUT2D eigenvalue weighted by atomic mass is 16.5. The fraction of sp³-hybridized carbons (Fsp3) is 0.444. The van der Waals surface area contributed by atoms with Gasteiger partial charge in [0.2, 0.25) is 5.91 Å². The summed E-state index contributed by atoms with van der Waals surface area (Å²) in [6.07, 6.45) is 1.80. The van der Waals surface area contributed by atoms with Crippen molar-refractivity contribution in [3.8, 4) is 11.1 Å². The van der Waals surface area contributed by atoms with Crippen LogP contribution in [0.4, 0.5) is 4.79 Å². The van der Waals surface area contributed by atoms with Crippen LogP contribution in [0, 0.1) is 5.92 Å². The van der Waals surface area contributed by atoms with Gasteiger partial charge in [-0.3, -0.25) is 9.59 Å². The number of fused-ring (bicyclic) bond motifs is 3. The fourth-order valence-corrected chi connectivity index (χ4v) is 4.56. The van der Waals surface area contributed by atoms with Gasteiger partial charge in [-0.15, -0.1) is 0 Å². The molecule has 0 saturated heterocycles. The molecule has 2 amide bonds. The molecule has 0 aromatic heterocycles. The third-order valence-corrected chi connectivity index (χ3v) is 6.21. The van der Waals surface area contributed by atoms with E-state index in [1.54, 1.807) is 0 Å². The summed E-state index contributed by atoms with van der Waals surface area (Å²) in [5.74, 6) is -1.02. The summed E-state index contributed by atoms with van der Waals surface area (Å²) in [7, 11) is 0. The molecular weight excluding hydrogens is 432 g/mol. The fourth-order valence-electron chi connectivity index (χ4n) is 4.56. The monoisotopic (exact) mass is 466 g/mol. The molecule has 3 N–H and O–H groups in total. The number of amides is 2. The molecule has 0 radical (unpaired) electrons. The van der Waals surface area contributed by atoms with Crippen LogP contribution in [-0.4, -0.2) is 42.3 Å². The first-order valence-corrected chi connectivity index (χ1v) is 12.0. The van der Waals surface area contributed by atoms with E-state index in [1.807, 2.05) is 38.1 Å². The zero-order valence-electron chi connectivity index (χ0n) is 19.9. The molecular formula is C27H34N2O5. The Morgan fingerprint density at radius 3 is 2.18 bits per heavy atom. The zero-order valence-corrected chi connectivity index (χ0v) is 19.9. The minimum absolute atomic E-state index is 0.0163. The highest BCUT2D eigenvalue weighted by Gasteiger charge is 2.29. The summed E-state index contributed by atoms with van der Waals surface area (Å²) in [5.41, 5.74) is 4.70. The average Bonchev–Trinajstić information content (AvgIpc) is 3.11. The van der Waals surface area contributed by atoms with Gasteiger partial charge in [-0.2, -0.15) is 0 Å². The lowest BCUT2D eigenvalue weighted by molar-refractivity contribution is -0.137. The van der Waals surface area contributed by atoms with Crippen molar-refractivity contribution in [3.05, 3.63) is 59.7 Å². The highest BCUT2D eigenvalue weighted by Crippen LogP contribution is 2.44. The largest absolute Gasteiger partial charge is 0.481 e. The summed E-state index contributed by atoms with van der Waals surface area (Å²) in [4.78, 5) is 35.5. The Bertz CT molecular complexity index is 961. The SMILES string of the molecule is CCCC(CC(=O)O)NC(=O)CC(C)CCNC(=O)OCC1c2ccccc2-c2ccccc21. The molecule has 2 aromatic carbocycles. The summed E-state index contributed by atoms with van der Waals surface area (Å²) in [6, 6.07) is 16.0. The average molecular weight is 467 g/mol. The van der Waals surface area contributed by atoms with E-state index in [1.165, 1.54) is 22.3 Å². The molecule has 2 unspecified atom stereocenters. The van der Waals surface area contributed by atoms with Gasteiger partial charge in [-0.05, 0) is 41.0 Å². The van der Waals surface area contributed by atoms with Crippen molar-refractivity contribution in [2.45, 2.75) is 57.9 Å². The molecule has 2 aromatic rings. The number of hydrogen-bond acceptors (Lipinski definition) is 4. The van der Waals surface area contributed by atoms with Crippen molar-refractivity contribution in [1.29, 1.82) is 0 Å². The normalized spacial score (nSPS) is 13.9. The molecule has 1 aliphatic carbocycles. The quantitative estimate of drug-likeness (QED) is 0.421. The van der Waals surface area contributed by atoms with E-state index in [-0.39, 0.29) is 43.2 Å². The number of alkyl carbamates (subject to hydrolysis) is 1. The van der Waals surface area contributed by atoms with Gasteiger partial charge in [0.15, 0.2) is 0 Å². The van der Waals surface area contributed by atoms with Crippen LogP contribution in [0.5, 0.6) is 0 Å². The van der Waals surface area contributed by atoms with E-state index in [9.17, 15) is 14.4 Å². The second-order valence-electron chi connectivity index (χ2n) is 9.00. The number of ether oxygens (including phenoxy) is 1. The van der Waals surface area contributed by atoms with Crippen LogP contribution in [0.2, 0.25) is 0 Å². The number of carbonyl (C=O) groups excluding carboxylic acids is 2. The second kappa shape index (κ2) is 12.2. The van der Waals surface area contributed by atoms with Crippen molar-refractivity contribution in [2.75, 3.05) is 13.2 Å². The molecule has 7 heteroatoms. The molecule has 182 valence electrons. The highest BCUT2D eigenvalue weighted by molar-refractivity contribution is 5.79. The molecule has 0 spiro atoms. The number of carboxylic acids is 1. The first-order chi connectivity index (χ1) is 16.4. The third-order valence-electron chi connectivity index (χ3n) is 6.21. The van der Waals surface area contributed by atoms with E-state index in [4.69, 9.17) is 9.84 Å². The van der Waals surface area contributed by atoms with Crippen LogP contribution in [0.15, 0.2) is 48.5 Å². The number of hydrogen-bond donors (Lipinski definition) is 3. The number of aliphatic carboxylic acids is 1. The minimum atomic E-state index is -0.918. The van der Waals surface area contributed by atoms with Gasteiger partial charge in [0.25, 0.3) is 0 Å². The Labute approximate surface area is 200 Å². The Hall–Kier alpha value is -3.35. The minimum Gasteiger partial charge on any atom is -0.481 e. The van der Waals surface area contributed by atoms with Crippen LogP contribution in [-0.2, 0) is 14.3 Å². The molecule has 0 saturated carbocycles. The summed E-state index contributed by atoms with van der Waals surface area (Å²) < 4.78 is 5.53. The molecule has 34 heavy (non-hydrogen) atoms. The molecule has 0 fully saturated rings. The molecule has 3 rings (SSSR count). The summed E-state index contributed by atoms with van der Waals surface area (Å²) >= 11 is 0. The van der Waals surface area contributed by atoms with Crippen molar-refractivity contribution in [1.82, 2.24) is 10.6 Å². The van der Waals surface area contributed by atoms with Crippen molar-refractivity contribution >= 4 is 18.0 Å². The maximum absolute atomic E-state index is 12.3. The lowest BCUT2D eigenvalue weighted by Crippen LogP contribution is -2.37. The molecule has 0 bridgehead atoms. The number of nitrogens with one attached hydrogen (secondary N) is 2. The molecule has 1 aliphatic rings. The Morgan fingerprint density at radius 2 is 1.59 bits per heavy atom. The van der Waals surface area contributed by atoms with Crippen LogP contribution in [0.1, 0.15) is 63.0 Å². The number of carboxylic acid groups (broad SMARTS) is 1. The standard InChI is InChI=1S/C27H34N2O5/c1-3-8-19(16-26(31)32)29-25(30)15-18(2)13-14-28-27(33)34-17-24-22-11-6-4-9-20(22)21-10-5-7-12-23(21)24/h4-7,9-12,18-19,24H,3,8,13-17H2,1-2H3,(H,28,33)(H,29,30)(H,31,32). The van der Waals surface area contributed by atoms with E-state index in [2.05, 4.69) is 34.9 Å². The van der Waals surface area contributed by atoms with E-state index < -0.39 is 12.1 Å². The topological polar surface area (TPSA) is 105 Å². The smallest absolute Gasteiger partial charge is 0.407 e. The number of benzene rings is 2. The first kappa shape index (κ1) is 25.3. The van der Waals surface area contributed by atoms with E-state index >= 15 is 0 Å². The van der Waals surface area contributed by atoms with Crippen LogP contribution in [0.25, 0.3) is 11.1 Å². The van der Waals surface area contributed by atoms with Crippen LogP contribution in [0.3, 0.4) is 0 Å². The van der Waals surface area contributed by atoms with Gasteiger partial charge in [0.05, 0.1) is 6.42 Å². The van der Waals surface area contributed by atoms with Gasteiger partial charge in [0.1, 0.15) is 6.61 Å². The Balaban J connectivity index is 1.40. The summed E-state index contributed by atoms with van der Waals surface area (Å²) in [6.45, 7) is 4.56. The predicted molar refractivity (Wildman–Crippen MR) is 131 cm³/mol. The van der Waals surface area contributed by atoms with Crippen molar-refractivity contribution < 1.29 is 24.2 Å². The number of carbonyl (C=O) groups is 3. The summed E-state index contributed by atoms with van der Waals surface area (Å²) in [5, 5.41) is 14.6. The lowest BCUT2D eigenvalue weighted by atomic mass is 9.98. The van der Waals surface area contributed by atoms with Crippen LogP contribution < -0.4 is 10.6 Å². The predicted octanol–water partition coefficient (Wildman–Crippen LogP) is 4.70. The lowest BCUT2D eigenvalue weighted by Gasteiger charge is -2.18. The Morgan fingerprint density at radius 1 is 0.971 bits per heavy atom. The number of rotatable bonds is 12. The van der Waals surface area contributed by atoms with Gasteiger partial charge >= 0.3 is 12.1 Å². The molecule has 0 aliphatic heterocycles. The van der Waals surface area contributed by atoms with E-state index in [0.29, 0.717) is 19.4 Å². The van der Waals surface area contributed by atoms with Gasteiger partial charge in [0, 0.05) is 24.9 Å². The van der Waals surface area contributed by atoms with Gasteiger partial charge in [-0.25, -0.2) is 4.79 Å². The maximum Gasteiger partial charge on any atom is 0.407 e. The van der Waals surface area contributed by atoms with Crippen LogP contribution >= 0.6 is 0 Å². The maximum atomic E-state index is 12.3. The first-order valence-electron chi connectivity index (χ1n) is 12.0. The zero-order chi connectivity index (χ0) is 24.5. The van der Waals surface area contributed by atoms with Crippen molar-refractivity contribution in [3.63, 3.8) is 0 Å².